The Morgan fingerprint density at radius 1 is 1.25 bits per heavy atom. The molecule has 0 bridgehead atoms. The molecule has 0 aliphatic rings. The molecule has 0 aliphatic carbocycles. The SMILES string of the molecule is COCCCOCCOCc1cnc(Cl)s1. The molecule has 1 heterocycles. The van der Waals surface area contributed by atoms with Crippen molar-refractivity contribution in [1.29, 1.82) is 0 Å². The van der Waals surface area contributed by atoms with Crippen molar-refractivity contribution in [2.24, 2.45) is 0 Å². The fourth-order valence-corrected chi connectivity index (χ4v) is 1.96. The third-order valence-corrected chi connectivity index (χ3v) is 2.87. The number of nitrogens with zero attached hydrogens (tertiary/aromatic N) is 1. The van der Waals surface area contributed by atoms with E-state index in [9.17, 15) is 0 Å². The Bertz CT molecular complexity index is 283. The van der Waals surface area contributed by atoms with Crippen LogP contribution in [0.3, 0.4) is 0 Å². The Morgan fingerprint density at radius 2 is 2.06 bits per heavy atom. The normalized spacial score (nSPS) is 10.9. The van der Waals surface area contributed by atoms with E-state index >= 15 is 0 Å². The van der Waals surface area contributed by atoms with E-state index in [1.165, 1.54) is 11.3 Å². The number of aromatic nitrogens is 1. The molecule has 4 nitrogen and oxygen atoms in total. The molecule has 92 valence electrons. The first-order chi connectivity index (χ1) is 7.83. The predicted molar refractivity (Wildman–Crippen MR) is 64.1 cm³/mol. The lowest BCUT2D eigenvalue weighted by Gasteiger charge is -2.04. The third-order valence-electron chi connectivity index (χ3n) is 1.78. The summed E-state index contributed by atoms with van der Waals surface area (Å²) >= 11 is 7.12. The minimum Gasteiger partial charge on any atom is -0.385 e. The Labute approximate surface area is 104 Å². The Balaban J connectivity index is 1.88. The van der Waals surface area contributed by atoms with Gasteiger partial charge in [0.25, 0.3) is 0 Å². The van der Waals surface area contributed by atoms with E-state index in [1.807, 2.05) is 0 Å². The van der Waals surface area contributed by atoms with Crippen LogP contribution >= 0.6 is 22.9 Å². The molecule has 0 aromatic carbocycles. The highest BCUT2D eigenvalue weighted by Gasteiger charge is 1.98. The lowest BCUT2D eigenvalue weighted by atomic mass is 10.5. The summed E-state index contributed by atoms with van der Waals surface area (Å²) in [5, 5.41) is 0. The lowest BCUT2D eigenvalue weighted by molar-refractivity contribution is 0.0344. The van der Waals surface area contributed by atoms with Crippen molar-refractivity contribution in [3.63, 3.8) is 0 Å². The van der Waals surface area contributed by atoms with Crippen molar-refractivity contribution < 1.29 is 14.2 Å². The van der Waals surface area contributed by atoms with Gasteiger partial charge in [0.1, 0.15) is 0 Å². The molecule has 1 aromatic heterocycles. The molecule has 1 aromatic rings. The van der Waals surface area contributed by atoms with E-state index in [0.29, 0.717) is 30.9 Å². The largest absolute Gasteiger partial charge is 0.385 e. The monoisotopic (exact) mass is 265 g/mol. The number of methoxy groups -OCH3 is 1. The van der Waals surface area contributed by atoms with E-state index in [1.54, 1.807) is 13.3 Å². The van der Waals surface area contributed by atoms with Gasteiger partial charge in [-0.2, -0.15) is 0 Å². The van der Waals surface area contributed by atoms with E-state index in [-0.39, 0.29) is 0 Å². The van der Waals surface area contributed by atoms with Crippen LogP contribution in [0, 0.1) is 0 Å². The number of ether oxygens (including phenoxy) is 3. The fraction of sp³-hybridized carbons (Fsp3) is 0.700. The van der Waals surface area contributed by atoms with E-state index < -0.39 is 0 Å². The van der Waals surface area contributed by atoms with Crippen molar-refractivity contribution in [3.05, 3.63) is 15.5 Å². The highest BCUT2D eigenvalue weighted by atomic mass is 35.5. The van der Waals surface area contributed by atoms with Gasteiger partial charge in [-0.1, -0.05) is 11.6 Å². The number of hydrogen-bond acceptors (Lipinski definition) is 5. The standard InChI is InChI=1S/C10H16ClNO3S/c1-13-3-2-4-14-5-6-15-8-9-7-12-10(11)16-9/h7H,2-6,8H2,1H3. The second-order valence-corrected chi connectivity index (χ2v) is 4.79. The first kappa shape index (κ1) is 13.9. The molecule has 6 heteroatoms. The van der Waals surface area contributed by atoms with Gasteiger partial charge >= 0.3 is 0 Å². The van der Waals surface area contributed by atoms with Crippen molar-refractivity contribution in [3.8, 4) is 0 Å². The molecule has 0 atom stereocenters. The minimum absolute atomic E-state index is 0.547. The van der Waals surface area contributed by atoms with Crippen molar-refractivity contribution in [2.75, 3.05) is 33.5 Å². The molecule has 0 N–H and O–H groups in total. The van der Waals surface area contributed by atoms with Crippen LogP contribution in [0.4, 0.5) is 0 Å². The molecule has 16 heavy (non-hydrogen) atoms. The zero-order valence-corrected chi connectivity index (χ0v) is 10.9. The summed E-state index contributed by atoms with van der Waals surface area (Å²) in [6, 6.07) is 0. The molecule has 0 amide bonds. The number of halogens is 1. The zero-order chi connectivity index (χ0) is 11.6. The molecular weight excluding hydrogens is 250 g/mol. The summed E-state index contributed by atoms with van der Waals surface area (Å²) < 4.78 is 16.2. The lowest BCUT2D eigenvalue weighted by Crippen LogP contribution is -2.06. The predicted octanol–water partition coefficient (Wildman–Crippen LogP) is 2.37. The van der Waals surface area contributed by atoms with Gasteiger partial charge in [0.05, 0.1) is 24.7 Å². The second-order valence-electron chi connectivity index (χ2n) is 3.09. The van der Waals surface area contributed by atoms with Crippen LogP contribution in [0.1, 0.15) is 11.3 Å². The summed E-state index contributed by atoms with van der Waals surface area (Å²) in [5.74, 6) is 0. The second kappa shape index (κ2) is 8.90. The first-order valence-electron chi connectivity index (χ1n) is 5.07. The maximum Gasteiger partial charge on any atom is 0.183 e. The van der Waals surface area contributed by atoms with Gasteiger partial charge in [0, 0.05) is 26.5 Å². The van der Waals surface area contributed by atoms with Gasteiger partial charge in [-0.05, 0) is 6.42 Å². The first-order valence-corrected chi connectivity index (χ1v) is 6.27. The molecule has 0 spiro atoms. The fourth-order valence-electron chi connectivity index (χ4n) is 1.05. The number of thiazole rings is 1. The maximum absolute atomic E-state index is 5.69. The van der Waals surface area contributed by atoms with E-state index in [4.69, 9.17) is 25.8 Å². The summed E-state index contributed by atoms with van der Waals surface area (Å²) in [6.07, 6.45) is 2.65. The molecule has 0 unspecified atom stereocenters. The molecule has 0 fully saturated rings. The maximum atomic E-state index is 5.69. The van der Waals surface area contributed by atoms with Crippen LogP contribution < -0.4 is 0 Å². The van der Waals surface area contributed by atoms with Crippen LogP contribution in [0.2, 0.25) is 4.47 Å². The third kappa shape index (κ3) is 6.40. The van der Waals surface area contributed by atoms with Gasteiger partial charge in [0.2, 0.25) is 0 Å². The Kier molecular flexibility index (Phi) is 7.71. The average molecular weight is 266 g/mol. The van der Waals surface area contributed by atoms with Gasteiger partial charge < -0.3 is 14.2 Å². The van der Waals surface area contributed by atoms with Crippen molar-refractivity contribution in [1.82, 2.24) is 4.98 Å². The van der Waals surface area contributed by atoms with Crippen molar-refractivity contribution in [2.45, 2.75) is 13.0 Å². The van der Waals surface area contributed by atoms with E-state index in [2.05, 4.69) is 4.98 Å². The van der Waals surface area contributed by atoms with Gasteiger partial charge in [-0.3, -0.25) is 0 Å². The molecule has 0 aliphatic heterocycles. The van der Waals surface area contributed by atoms with Crippen molar-refractivity contribution >= 4 is 22.9 Å². The molecular formula is C10H16ClNO3S. The Hall–Kier alpha value is -0.200. The number of rotatable bonds is 9. The highest BCUT2D eigenvalue weighted by Crippen LogP contribution is 2.18. The molecule has 1 rings (SSSR count). The van der Waals surface area contributed by atoms with Crippen LogP contribution in [0.15, 0.2) is 6.20 Å². The Morgan fingerprint density at radius 3 is 2.75 bits per heavy atom. The number of hydrogen-bond donors (Lipinski definition) is 0. The average Bonchev–Trinajstić information content (AvgIpc) is 2.68. The van der Waals surface area contributed by atoms with E-state index in [0.717, 1.165) is 17.9 Å². The van der Waals surface area contributed by atoms with Crippen LogP contribution in [-0.2, 0) is 20.8 Å². The van der Waals surface area contributed by atoms with Gasteiger partial charge in [-0.25, -0.2) is 4.98 Å². The molecule has 0 radical (unpaired) electrons. The quantitative estimate of drug-likeness (QED) is 0.643. The summed E-state index contributed by atoms with van der Waals surface area (Å²) in [4.78, 5) is 4.96. The minimum atomic E-state index is 0.547. The smallest absolute Gasteiger partial charge is 0.183 e. The molecule has 0 saturated carbocycles. The summed E-state index contributed by atoms with van der Waals surface area (Å²) in [6.45, 7) is 3.19. The molecule has 0 saturated heterocycles. The van der Waals surface area contributed by atoms with Gasteiger partial charge in [0.15, 0.2) is 4.47 Å². The highest BCUT2D eigenvalue weighted by molar-refractivity contribution is 7.15. The van der Waals surface area contributed by atoms with Crippen LogP contribution in [0.25, 0.3) is 0 Å². The summed E-state index contributed by atoms with van der Waals surface area (Å²) in [5.41, 5.74) is 0. The zero-order valence-electron chi connectivity index (χ0n) is 9.28. The van der Waals surface area contributed by atoms with Crippen LogP contribution in [-0.4, -0.2) is 38.5 Å². The van der Waals surface area contributed by atoms with Gasteiger partial charge in [-0.15, -0.1) is 11.3 Å². The van der Waals surface area contributed by atoms with Crippen LogP contribution in [0.5, 0.6) is 0 Å². The summed E-state index contributed by atoms with van der Waals surface area (Å²) in [7, 11) is 1.68. The topological polar surface area (TPSA) is 40.6 Å².